The van der Waals surface area contributed by atoms with E-state index in [4.69, 9.17) is 0 Å². The van der Waals surface area contributed by atoms with Crippen LogP contribution in [0.4, 0.5) is 0 Å². The quantitative estimate of drug-likeness (QED) is 0.611. The van der Waals surface area contributed by atoms with Crippen LogP contribution in [0, 0.1) is 17.8 Å². The lowest BCUT2D eigenvalue weighted by molar-refractivity contribution is -0.125. The fourth-order valence-corrected chi connectivity index (χ4v) is 1.63. The van der Waals surface area contributed by atoms with Crippen molar-refractivity contribution in [2.75, 3.05) is 0 Å². The lowest BCUT2D eigenvalue weighted by Crippen LogP contribution is -2.23. The molecule has 0 aromatic carbocycles. The second-order valence-corrected chi connectivity index (χ2v) is 4.61. The molecule has 0 N–H and O–H groups in total. The molecule has 0 heterocycles. The van der Waals surface area contributed by atoms with Gasteiger partial charge in [-0.3, -0.25) is 4.79 Å². The Labute approximate surface area is 88.6 Å². The summed E-state index contributed by atoms with van der Waals surface area (Å²) in [7, 11) is 0. The van der Waals surface area contributed by atoms with Gasteiger partial charge in [0.15, 0.2) is 0 Å². The number of carbonyl (C=O) groups is 1. The summed E-state index contributed by atoms with van der Waals surface area (Å²) in [5, 5.41) is 0. The molecule has 0 rings (SSSR count). The van der Waals surface area contributed by atoms with E-state index in [0.717, 1.165) is 6.42 Å². The van der Waals surface area contributed by atoms with Crippen LogP contribution in [0.25, 0.3) is 0 Å². The van der Waals surface area contributed by atoms with Gasteiger partial charge in [0.05, 0.1) is 0 Å². The van der Waals surface area contributed by atoms with Crippen molar-refractivity contribution in [3.63, 3.8) is 0 Å². The Hall–Kier alpha value is -0.590. The van der Waals surface area contributed by atoms with Crippen LogP contribution in [0.2, 0.25) is 0 Å². The van der Waals surface area contributed by atoms with Gasteiger partial charge in [0, 0.05) is 11.8 Å². The molecule has 0 bridgehead atoms. The molecule has 0 aromatic rings. The highest BCUT2D eigenvalue weighted by Crippen LogP contribution is 2.20. The van der Waals surface area contributed by atoms with E-state index < -0.39 is 0 Å². The van der Waals surface area contributed by atoms with E-state index in [1.165, 1.54) is 5.57 Å². The molecule has 0 saturated heterocycles. The van der Waals surface area contributed by atoms with E-state index in [1.807, 2.05) is 27.7 Å². The molecule has 82 valence electrons. The lowest BCUT2D eigenvalue weighted by Gasteiger charge is -2.19. The first kappa shape index (κ1) is 13.4. The Morgan fingerprint density at radius 3 is 2.07 bits per heavy atom. The smallest absolute Gasteiger partial charge is 0.142 e. The van der Waals surface area contributed by atoms with Crippen LogP contribution in [0.1, 0.15) is 48.0 Å². The zero-order valence-corrected chi connectivity index (χ0v) is 10.4. The van der Waals surface area contributed by atoms with Crippen molar-refractivity contribution in [3.05, 3.63) is 11.6 Å². The van der Waals surface area contributed by atoms with Gasteiger partial charge in [-0.2, -0.15) is 0 Å². The van der Waals surface area contributed by atoms with E-state index in [2.05, 4.69) is 19.9 Å². The van der Waals surface area contributed by atoms with Gasteiger partial charge in [-0.05, 0) is 19.8 Å². The number of rotatable bonds is 5. The molecule has 0 aliphatic heterocycles. The Morgan fingerprint density at radius 1 is 1.21 bits per heavy atom. The zero-order chi connectivity index (χ0) is 11.3. The third-order valence-corrected chi connectivity index (χ3v) is 2.98. The Morgan fingerprint density at radius 2 is 1.71 bits per heavy atom. The van der Waals surface area contributed by atoms with Gasteiger partial charge in [0.2, 0.25) is 0 Å². The molecule has 0 spiro atoms. The fourth-order valence-electron chi connectivity index (χ4n) is 1.63. The SMILES string of the molecule is CCC(C)C(C)C(=O)C(C)C=C(C)C. The number of hydrogen-bond donors (Lipinski definition) is 0. The molecular weight excluding hydrogens is 172 g/mol. The van der Waals surface area contributed by atoms with Crippen molar-refractivity contribution in [3.8, 4) is 0 Å². The molecule has 14 heavy (non-hydrogen) atoms. The summed E-state index contributed by atoms with van der Waals surface area (Å²) in [4.78, 5) is 11.9. The first-order valence-corrected chi connectivity index (χ1v) is 5.58. The average Bonchev–Trinajstić information content (AvgIpc) is 2.13. The number of allylic oxidation sites excluding steroid dienone is 2. The predicted octanol–water partition coefficient (Wildman–Crippen LogP) is 3.84. The van der Waals surface area contributed by atoms with Gasteiger partial charge < -0.3 is 0 Å². The molecule has 1 nitrogen and oxygen atoms in total. The second-order valence-electron chi connectivity index (χ2n) is 4.61. The van der Waals surface area contributed by atoms with Crippen LogP contribution in [0.5, 0.6) is 0 Å². The number of ketones is 1. The van der Waals surface area contributed by atoms with Crippen LogP contribution in [-0.2, 0) is 4.79 Å². The van der Waals surface area contributed by atoms with E-state index >= 15 is 0 Å². The minimum Gasteiger partial charge on any atom is -0.299 e. The highest BCUT2D eigenvalue weighted by atomic mass is 16.1. The first-order valence-electron chi connectivity index (χ1n) is 5.58. The summed E-state index contributed by atoms with van der Waals surface area (Å²) in [5.41, 5.74) is 1.22. The predicted molar refractivity (Wildman–Crippen MR) is 62.2 cm³/mol. The van der Waals surface area contributed by atoms with E-state index in [1.54, 1.807) is 0 Å². The van der Waals surface area contributed by atoms with Crippen LogP contribution in [-0.4, -0.2) is 5.78 Å². The molecule has 0 radical (unpaired) electrons. The topological polar surface area (TPSA) is 17.1 Å². The third-order valence-electron chi connectivity index (χ3n) is 2.98. The summed E-state index contributed by atoms with van der Waals surface area (Å²) < 4.78 is 0. The van der Waals surface area contributed by atoms with Gasteiger partial charge in [0.1, 0.15) is 5.78 Å². The second kappa shape index (κ2) is 6.00. The minimum absolute atomic E-state index is 0.0731. The Balaban J connectivity index is 4.39. The maximum Gasteiger partial charge on any atom is 0.142 e. The molecule has 3 atom stereocenters. The van der Waals surface area contributed by atoms with Crippen molar-refractivity contribution in [2.45, 2.75) is 48.0 Å². The van der Waals surface area contributed by atoms with Crippen molar-refractivity contribution in [2.24, 2.45) is 17.8 Å². The largest absolute Gasteiger partial charge is 0.299 e. The maximum absolute atomic E-state index is 11.9. The van der Waals surface area contributed by atoms with Crippen molar-refractivity contribution >= 4 is 5.78 Å². The fraction of sp³-hybridized carbons (Fsp3) is 0.769. The molecule has 0 aliphatic carbocycles. The Kier molecular flexibility index (Phi) is 5.75. The van der Waals surface area contributed by atoms with Gasteiger partial charge in [-0.1, -0.05) is 45.8 Å². The molecule has 1 heteroatoms. The number of carbonyl (C=O) groups excluding carboxylic acids is 1. The van der Waals surface area contributed by atoms with E-state index in [0.29, 0.717) is 11.7 Å². The Bertz CT molecular complexity index is 211. The first-order chi connectivity index (χ1) is 6.40. The molecule has 0 fully saturated rings. The normalized spacial score (nSPS) is 17.0. The molecular formula is C13H24O. The highest BCUT2D eigenvalue weighted by molar-refractivity contribution is 5.84. The van der Waals surface area contributed by atoms with Crippen molar-refractivity contribution in [1.82, 2.24) is 0 Å². The molecule has 0 amide bonds. The molecule has 3 unspecified atom stereocenters. The summed E-state index contributed by atoms with van der Waals surface area (Å²) in [6.45, 7) is 12.4. The van der Waals surface area contributed by atoms with E-state index in [-0.39, 0.29) is 11.8 Å². The van der Waals surface area contributed by atoms with Gasteiger partial charge in [-0.25, -0.2) is 0 Å². The molecule has 0 aromatic heterocycles. The summed E-state index contributed by atoms with van der Waals surface area (Å²) in [5.74, 6) is 1.13. The monoisotopic (exact) mass is 196 g/mol. The minimum atomic E-state index is 0.0731. The van der Waals surface area contributed by atoms with E-state index in [9.17, 15) is 4.79 Å². The summed E-state index contributed by atoms with van der Waals surface area (Å²) in [6.07, 6.45) is 3.13. The van der Waals surface area contributed by atoms with Crippen molar-refractivity contribution < 1.29 is 4.79 Å². The maximum atomic E-state index is 11.9. The van der Waals surface area contributed by atoms with Crippen molar-refractivity contribution in [1.29, 1.82) is 0 Å². The number of hydrogen-bond acceptors (Lipinski definition) is 1. The van der Waals surface area contributed by atoms with Gasteiger partial charge in [-0.15, -0.1) is 0 Å². The lowest BCUT2D eigenvalue weighted by atomic mass is 9.84. The van der Waals surface area contributed by atoms with Crippen LogP contribution < -0.4 is 0 Å². The van der Waals surface area contributed by atoms with Crippen LogP contribution in [0.15, 0.2) is 11.6 Å². The standard InChI is InChI=1S/C13H24O/c1-7-10(4)12(6)13(14)11(5)8-9(2)3/h8,10-12H,7H2,1-6H3. The van der Waals surface area contributed by atoms with Crippen LogP contribution >= 0.6 is 0 Å². The summed E-state index contributed by atoms with van der Waals surface area (Å²) >= 11 is 0. The van der Waals surface area contributed by atoms with Gasteiger partial charge >= 0.3 is 0 Å². The molecule has 0 aliphatic rings. The molecule has 0 saturated carbocycles. The zero-order valence-electron chi connectivity index (χ0n) is 10.4. The highest BCUT2D eigenvalue weighted by Gasteiger charge is 2.22. The van der Waals surface area contributed by atoms with Crippen LogP contribution in [0.3, 0.4) is 0 Å². The average molecular weight is 196 g/mol. The summed E-state index contributed by atoms with van der Waals surface area (Å²) in [6, 6.07) is 0. The third kappa shape index (κ3) is 4.08. The van der Waals surface area contributed by atoms with Gasteiger partial charge in [0.25, 0.3) is 0 Å². The number of Topliss-reactive ketones (excluding diaryl/α,β-unsaturated/α-hetero) is 1.